The second kappa shape index (κ2) is 7.07. The molecule has 0 fully saturated rings. The molecule has 0 spiro atoms. The minimum Gasteiger partial charge on any atom is -0.463 e. The van der Waals surface area contributed by atoms with Crippen LogP contribution in [0.4, 0.5) is 13.2 Å². The number of alkyl halides is 3. The van der Waals surface area contributed by atoms with E-state index >= 15 is 0 Å². The van der Waals surface area contributed by atoms with Gasteiger partial charge in [0.05, 0.1) is 17.7 Å². The number of aliphatic hydroxyl groups excluding tert-OH is 1. The molecule has 0 bridgehead atoms. The highest BCUT2D eigenvalue weighted by Crippen LogP contribution is 2.31. The summed E-state index contributed by atoms with van der Waals surface area (Å²) in [6.07, 6.45) is -5.76. The second-order valence-corrected chi connectivity index (χ2v) is 4.43. The van der Waals surface area contributed by atoms with Crippen molar-refractivity contribution in [3.8, 4) is 0 Å². The van der Waals surface area contributed by atoms with Crippen molar-refractivity contribution in [2.24, 2.45) is 0 Å². The van der Waals surface area contributed by atoms with Gasteiger partial charge >= 0.3 is 12.1 Å². The highest BCUT2D eigenvalue weighted by atomic mass is 127. The lowest BCUT2D eigenvalue weighted by atomic mass is 10.0. The summed E-state index contributed by atoms with van der Waals surface area (Å²) in [5.41, 5.74) is -0.647. The lowest BCUT2D eigenvalue weighted by molar-refractivity contribution is -0.140. The molecular weight excluding hydrogens is 388 g/mol. The van der Waals surface area contributed by atoms with Crippen molar-refractivity contribution in [3.05, 3.63) is 45.0 Å². The number of carbonyl (C=O) groups excluding carboxylic acids is 1. The lowest BCUT2D eigenvalue weighted by Crippen LogP contribution is -2.14. The van der Waals surface area contributed by atoms with Crippen molar-refractivity contribution in [1.29, 1.82) is 0 Å². The van der Waals surface area contributed by atoms with Crippen molar-refractivity contribution in [1.82, 2.24) is 0 Å². The fourth-order valence-corrected chi connectivity index (χ4v) is 2.06. The predicted molar refractivity (Wildman–Crippen MR) is 75.1 cm³/mol. The summed E-state index contributed by atoms with van der Waals surface area (Å²) in [7, 11) is 0. The fraction of sp³-hybridized carbons (Fsp3) is 0.308. The average Bonchev–Trinajstić information content (AvgIpc) is 2.39. The molecule has 7 heteroatoms. The number of halogens is 4. The van der Waals surface area contributed by atoms with E-state index in [9.17, 15) is 23.1 Å². The third-order valence-electron chi connectivity index (χ3n) is 2.48. The molecule has 0 aromatic heterocycles. The molecule has 0 saturated heterocycles. The first-order valence-electron chi connectivity index (χ1n) is 5.63. The van der Waals surface area contributed by atoms with Crippen LogP contribution < -0.4 is 0 Å². The Morgan fingerprint density at radius 3 is 2.35 bits per heavy atom. The SMILES string of the molecule is CCOC(=O)/C(=C\I)[C@@H](O)c1ccc(C(F)(F)F)cc1. The molecule has 0 amide bonds. The molecule has 1 rings (SSSR count). The van der Waals surface area contributed by atoms with E-state index in [-0.39, 0.29) is 17.7 Å². The Morgan fingerprint density at radius 1 is 1.40 bits per heavy atom. The highest BCUT2D eigenvalue weighted by Gasteiger charge is 2.30. The van der Waals surface area contributed by atoms with Gasteiger partial charge in [-0.25, -0.2) is 4.79 Å². The number of carbonyl (C=O) groups is 1. The molecule has 1 atom stereocenters. The molecule has 0 aliphatic heterocycles. The summed E-state index contributed by atoms with van der Waals surface area (Å²) >= 11 is 1.76. The number of rotatable bonds is 4. The fourth-order valence-electron chi connectivity index (χ4n) is 1.46. The lowest BCUT2D eigenvalue weighted by Gasteiger charge is -2.14. The van der Waals surface area contributed by atoms with Crippen LogP contribution in [0.2, 0.25) is 0 Å². The van der Waals surface area contributed by atoms with Crippen LogP contribution >= 0.6 is 22.6 Å². The summed E-state index contributed by atoms with van der Waals surface area (Å²) in [5, 5.41) is 10.0. The van der Waals surface area contributed by atoms with Crippen LogP contribution in [0, 0.1) is 0 Å². The maximum absolute atomic E-state index is 12.4. The van der Waals surface area contributed by atoms with E-state index in [1.165, 1.54) is 4.08 Å². The van der Waals surface area contributed by atoms with Gasteiger partial charge in [-0.1, -0.05) is 34.7 Å². The van der Waals surface area contributed by atoms with E-state index in [0.29, 0.717) is 0 Å². The van der Waals surface area contributed by atoms with Gasteiger partial charge in [-0.2, -0.15) is 13.2 Å². The van der Waals surface area contributed by atoms with Crippen LogP contribution in [0.15, 0.2) is 33.9 Å². The molecule has 1 aromatic rings. The predicted octanol–water partition coefficient (Wildman–Crippen LogP) is 3.62. The maximum Gasteiger partial charge on any atom is 0.416 e. The molecule has 110 valence electrons. The van der Waals surface area contributed by atoms with Gasteiger partial charge in [0.1, 0.15) is 6.10 Å². The zero-order valence-corrected chi connectivity index (χ0v) is 12.6. The third-order valence-corrected chi connectivity index (χ3v) is 3.15. The third kappa shape index (κ3) is 4.20. The normalized spacial score (nSPS) is 14.0. The van der Waals surface area contributed by atoms with Crippen molar-refractivity contribution in [2.45, 2.75) is 19.2 Å². The van der Waals surface area contributed by atoms with Gasteiger partial charge in [0, 0.05) is 0 Å². The van der Waals surface area contributed by atoms with Gasteiger partial charge < -0.3 is 9.84 Å². The Bertz CT molecular complexity index is 495. The van der Waals surface area contributed by atoms with Crippen molar-refractivity contribution in [2.75, 3.05) is 6.61 Å². The number of hydrogen-bond acceptors (Lipinski definition) is 3. The summed E-state index contributed by atoms with van der Waals surface area (Å²) in [5.74, 6) is -0.700. The summed E-state index contributed by atoms with van der Waals surface area (Å²) in [6.45, 7) is 1.76. The van der Waals surface area contributed by atoms with E-state index in [0.717, 1.165) is 24.3 Å². The van der Waals surface area contributed by atoms with Crippen LogP contribution in [0.5, 0.6) is 0 Å². The molecule has 0 aliphatic carbocycles. The Labute approximate surface area is 127 Å². The minimum atomic E-state index is -4.44. The summed E-state index contributed by atoms with van der Waals surface area (Å²) in [6, 6.07) is 3.97. The van der Waals surface area contributed by atoms with Crippen LogP contribution in [-0.4, -0.2) is 17.7 Å². The summed E-state index contributed by atoms with van der Waals surface area (Å²) < 4.78 is 43.4. The van der Waals surface area contributed by atoms with Crippen LogP contribution in [0.25, 0.3) is 0 Å². The van der Waals surface area contributed by atoms with E-state index in [1.54, 1.807) is 29.5 Å². The Hall–Kier alpha value is -1.09. The number of benzene rings is 1. The zero-order chi connectivity index (χ0) is 15.3. The van der Waals surface area contributed by atoms with Gasteiger partial charge in [-0.15, -0.1) is 0 Å². The van der Waals surface area contributed by atoms with Crippen LogP contribution in [0.3, 0.4) is 0 Å². The van der Waals surface area contributed by atoms with Gasteiger partial charge in [0.25, 0.3) is 0 Å². The highest BCUT2D eigenvalue weighted by molar-refractivity contribution is 14.1. The van der Waals surface area contributed by atoms with Crippen LogP contribution in [0.1, 0.15) is 24.2 Å². The maximum atomic E-state index is 12.4. The van der Waals surface area contributed by atoms with Crippen molar-refractivity contribution >= 4 is 28.6 Å². The van der Waals surface area contributed by atoms with E-state index in [4.69, 9.17) is 4.74 Å². The van der Waals surface area contributed by atoms with Gasteiger partial charge in [-0.05, 0) is 28.7 Å². The monoisotopic (exact) mass is 400 g/mol. The Balaban J connectivity index is 2.97. The zero-order valence-electron chi connectivity index (χ0n) is 10.4. The molecule has 20 heavy (non-hydrogen) atoms. The first-order chi connectivity index (χ1) is 9.31. The topological polar surface area (TPSA) is 46.5 Å². The average molecular weight is 400 g/mol. The molecule has 0 unspecified atom stereocenters. The molecule has 0 radical (unpaired) electrons. The number of ether oxygens (including phenoxy) is 1. The minimum absolute atomic E-state index is 0.0211. The van der Waals surface area contributed by atoms with Gasteiger partial charge in [0.2, 0.25) is 0 Å². The smallest absolute Gasteiger partial charge is 0.416 e. The summed E-state index contributed by atoms with van der Waals surface area (Å²) in [4.78, 5) is 11.6. The molecule has 3 nitrogen and oxygen atoms in total. The first-order valence-corrected chi connectivity index (χ1v) is 6.88. The van der Waals surface area contributed by atoms with Crippen LogP contribution in [-0.2, 0) is 15.7 Å². The van der Waals surface area contributed by atoms with E-state index in [1.807, 2.05) is 0 Å². The molecule has 0 aliphatic rings. The van der Waals surface area contributed by atoms with Crippen molar-refractivity contribution < 1.29 is 27.8 Å². The van der Waals surface area contributed by atoms with E-state index in [2.05, 4.69) is 0 Å². The Morgan fingerprint density at radius 2 is 1.95 bits per heavy atom. The molecular formula is C13H12F3IO3. The number of aliphatic hydroxyl groups is 1. The molecule has 0 saturated carbocycles. The molecule has 1 N–H and O–H groups in total. The number of hydrogen-bond donors (Lipinski definition) is 1. The standard InChI is InChI=1S/C13H12F3IO3/c1-2-20-12(19)10(7-17)11(18)8-3-5-9(6-4-8)13(14,15)16/h3-7,11,18H,2H2,1H3/b10-7-/t11-/m0/s1. The second-order valence-electron chi connectivity index (χ2n) is 3.81. The van der Waals surface area contributed by atoms with Crippen molar-refractivity contribution in [3.63, 3.8) is 0 Å². The molecule has 1 aromatic carbocycles. The van der Waals surface area contributed by atoms with Gasteiger partial charge in [0.15, 0.2) is 0 Å². The first kappa shape index (κ1) is 17.0. The quantitative estimate of drug-likeness (QED) is 0.477. The van der Waals surface area contributed by atoms with E-state index < -0.39 is 23.8 Å². The Kier molecular flexibility index (Phi) is 6.00. The van der Waals surface area contributed by atoms with Gasteiger partial charge in [-0.3, -0.25) is 0 Å². The largest absolute Gasteiger partial charge is 0.463 e. The number of esters is 1. The molecule has 0 heterocycles.